The number of thiazole rings is 1. The molecule has 3 aromatic rings. The third-order valence-electron chi connectivity index (χ3n) is 4.81. The second kappa shape index (κ2) is 7.28. The maximum Gasteiger partial charge on any atom is 0.274 e. The third kappa shape index (κ3) is 3.02. The number of aromatic nitrogens is 1. The summed E-state index contributed by atoms with van der Waals surface area (Å²) >= 11 is 1.11. The molecular weight excluding hydrogens is 400 g/mol. The Morgan fingerprint density at radius 2 is 1.53 bits per heavy atom. The number of benzene rings is 2. The van der Waals surface area contributed by atoms with E-state index < -0.39 is 11.5 Å². The molecule has 1 atom stereocenters. The van der Waals surface area contributed by atoms with E-state index in [2.05, 4.69) is 6.07 Å². The number of aromatic hydroxyl groups is 2. The fraction of sp³-hybridized carbons (Fsp3) is 0.0455. The first kappa shape index (κ1) is 19.1. The highest BCUT2D eigenvalue weighted by atomic mass is 32.1. The van der Waals surface area contributed by atoms with E-state index in [0.717, 1.165) is 11.3 Å². The van der Waals surface area contributed by atoms with Crippen LogP contribution in [-0.4, -0.2) is 14.8 Å². The second-order valence-corrected chi connectivity index (χ2v) is 7.64. The Morgan fingerprint density at radius 3 is 2.10 bits per heavy atom. The van der Waals surface area contributed by atoms with Crippen LogP contribution in [0.1, 0.15) is 17.0 Å². The molecule has 1 aliphatic heterocycles. The number of hydrogen-bond acceptors (Lipinski definition) is 7. The molecule has 0 aliphatic carbocycles. The molecule has 2 heterocycles. The van der Waals surface area contributed by atoms with Crippen molar-refractivity contribution in [1.82, 2.24) is 4.57 Å². The molecule has 0 spiro atoms. The summed E-state index contributed by atoms with van der Waals surface area (Å²) in [6, 6.07) is 16.7. The quantitative estimate of drug-likeness (QED) is 0.578. The summed E-state index contributed by atoms with van der Waals surface area (Å²) in [4.78, 5) is 13.0. The molecule has 0 radical (unpaired) electrons. The van der Waals surface area contributed by atoms with Crippen molar-refractivity contribution in [2.45, 2.75) is 5.92 Å². The van der Waals surface area contributed by atoms with Gasteiger partial charge in [-0.05, 0) is 41.5 Å². The van der Waals surface area contributed by atoms with Crippen molar-refractivity contribution in [2.24, 2.45) is 5.73 Å². The van der Waals surface area contributed by atoms with E-state index in [1.54, 1.807) is 30.3 Å². The topological polar surface area (TPSA) is 136 Å². The van der Waals surface area contributed by atoms with Gasteiger partial charge in [0.25, 0.3) is 5.56 Å². The Balaban J connectivity index is 2.04. The van der Waals surface area contributed by atoms with Gasteiger partial charge in [0.2, 0.25) is 0 Å². The third-order valence-corrected chi connectivity index (χ3v) is 5.91. The average molecular weight is 414 g/mol. The molecule has 1 aromatic heterocycles. The Morgan fingerprint density at radius 1 is 0.967 bits per heavy atom. The smallest absolute Gasteiger partial charge is 0.274 e. The van der Waals surface area contributed by atoms with Crippen LogP contribution >= 0.6 is 11.3 Å². The molecule has 1 unspecified atom stereocenters. The number of phenols is 2. The summed E-state index contributed by atoms with van der Waals surface area (Å²) in [7, 11) is 0. The van der Waals surface area contributed by atoms with Gasteiger partial charge in [-0.1, -0.05) is 24.3 Å². The van der Waals surface area contributed by atoms with Gasteiger partial charge in [0, 0.05) is 0 Å². The van der Waals surface area contributed by atoms with Crippen LogP contribution in [0, 0.1) is 22.7 Å². The van der Waals surface area contributed by atoms with Crippen molar-refractivity contribution in [2.75, 3.05) is 0 Å². The Bertz CT molecular complexity index is 1450. The number of nitrogens with two attached hydrogens (primary N) is 1. The van der Waals surface area contributed by atoms with Crippen LogP contribution in [0.3, 0.4) is 0 Å². The predicted molar refractivity (Wildman–Crippen MR) is 112 cm³/mol. The van der Waals surface area contributed by atoms with Gasteiger partial charge in [0.05, 0.1) is 33.7 Å². The number of phenolic OH excluding ortho intramolecular Hbond substituents is 2. The first-order chi connectivity index (χ1) is 14.4. The molecule has 0 saturated heterocycles. The molecule has 7 nitrogen and oxygen atoms in total. The van der Waals surface area contributed by atoms with E-state index >= 15 is 0 Å². The van der Waals surface area contributed by atoms with E-state index in [1.165, 1.54) is 28.8 Å². The molecule has 4 rings (SSSR count). The SMILES string of the molecule is N#CC1=C(N)n2c(sc(=Cc3ccc(O)cc3)c2=O)=C(C#N)C1c1ccc(O)cc1. The highest BCUT2D eigenvalue weighted by Gasteiger charge is 2.32. The van der Waals surface area contributed by atoms with Crippen LogP contribution in [-0.2, 0) is 0 Å². The second-order valence-electron chi connectivity index (χ2n) is 6.61. The minimum atomic E-state index is -0.736. The number of hydrogen-bond donors (Lipinski definition) is 3. The molecule has 146 valence electrons. The number of allylic oxidation sites excluding steroid dienone is 1. The molecule has 0 saturated carbocycles. The van der Waals surface area contributed by atoms with E-state index in [9.17, 15) is 25.5 Å². The highest BCUT2D eigenvalue weighted by molar-refractivity contribution is 7.07. The van der Waals surface area contributed by atoms with Crippen molar-refractivity contribution >= 4 is 28.8 Å². The Hall–Kier alpha value is -4.27. The van der Waals surface area contributed by atoms with Crippen molar-refractivity contribution < 1.29 is 10.2 Å². The van der Waals surface area contributed by atoms with Crippen LogP contribution in [0.25, 0.3) is 17.5 Å². The fourth-order valence-electron chi connectivity index (χ4n) is 3.37. The van der Waals surface area contributed by atoms with Crippen molar-refractivity contribution in [3.63, 3.8) is 0 Å². The van der Waals surface area contributed by atoms with Gasteiger partial charge in [-0.25, -0.2) is 0 Å². The average Bonchev–Trinajstić information content (AvgIpc) is 3.06. The van der Waals surface area contributed by atoms with E-state index in [-0.39, 0.29) is 28.5 Å². The van der Waals surface area contributed by atoms with Gasteiger partial charge >= 0.3 is 0 Å². The van der Waals surface area contributed by atoms with Crippen LogP contribution in [0.4, 0.5) is 0 Å². The van der Waals surface area contributed by atoms with E-state index in [0.29, 0.717) is 20.3 Å². The van der Waals surface area contributed by atoms with Crippen LogP contribution < -0.4 is 20.5 Å². The maximum atomic E-state index is 13.0. The largest absolute Gasteiger partial charge is 0.508 e. The summed E-state index contributed by atoms with van der Waals surface area (Å²) in [6.45, 7) is 0. The Labute approximate surface area is 174 Å². The Kier molecular flexibility index (Phi) is 4.63. The van der Waals surface area contributed by atoms with Gasteiger partial charge in [0.1, 0.15) is 22.0 Å². The predicted octanol–water partition coefficient (Wildman–Crippen LogP) is 1.27. The molecule has 0 fully saturated rings. The first-order valence-corrected chi connectivity index (χ1v) is 9.62. The van der Waals surface area contributed by atoms with Gasteiger partial charge in [-0.3, -0.25) is 9.36 Å². The van der Waals surface area contributed by atoms with Gasteiger partial charge in [-0.15, -0.1) is 11.3 Å². The molecule has 8 heteroatoms. The fourth-order valence-corrected chi connectivity index (χ4v) is 4.50. The van der Waals surface area contributed by atoms with E-state index in [4.69, 9.17) is 5.73 Å². The van der Waals surface area contributed by atoms with Gasteiger partial charge in [-0.2, -0.15) is 10.5 Å². The summed E-state index contributed by atoms with van der Waals surface area (Å²) in [6.07, 6.45) is 1.64. The van der Waals surface area contributed by atoms with Crippen molar-refractivity contribution in [3.8, 4) is 23.6 Å². The zero-order valence-electron chi connectivity index (χ0n) is 15.4. The van der Waals surface area contributed by atoms with Crippen molar-refractivity contribution in [3.05, 3.63) is 84.8 Å². The van der Waals surface area contributed by atoms with Crippen LogP contribution in [0.5, 0.6) is 11.5 Å². The number of fused-ring (bicyclic) bond motifs is 1. The number of nitrogens with zero attached hydrogens (tertiary/aromatic N) is 3. The zero-order valence-corrected chi connectivity index (χ0v) is 16.2. The lowest BCUT2D eigenvalue weighted by Crippen LogP contribution is -2.38. The first-order valence-electron chi connectivity index (χ1n) is 8.80. The molecule has 4 N–H and O–H groups in total. The summed E-state index contributed by atoms with van der Waals surface area (Å²) in [5.41, 5.74) is 7.42. The summed E-state index contributed by atoms with van der Waals surface area (Å²) < 4.78 is 1.91. The molecule has 0 bridgehead atoms. The lowest BCUT2D eigenvalue weighted by Gasteiger charge is -2.22. The van der Waals surface area contributed by atoms with Crippen LogP contribution in [0.2, 0.25) is 0 Å². The highest BCUT2D eigenvalue weighted by Crippen LogP contribution is 2.35. The van der Waals surface area contributed by atoms with Crippen molar-refractivity contribution in [1.29, 1.82) is 10.5 Å². The standard InChI is InChI=1S/C22H14N4O3S/c23-10-16-19(13-3-7-15(28)8-4-13)17(11-24)22-26(20(16)25)21(29)18(30-22)9-12-1-5-14(27)6-2-12/h1-9,19,27-28H,25H2. The molecule has 1 aliphatic rings. The molecular formula is C22H14N4O3S. The van der Waals surface area contributed by atoms with Gasteiger partial charge < -0.3 is 15.9 Å². The normalized spacial score (nSPS) is 16.1. The summed E-state index contributed by atoms with van der Waals surface area (Å²) in [5.74, 6) is -0.587. The molecule has 0 amide bonds. The molecule has 30 heavy (non-hydrogen) atoms. The maximum absolute atomic E-state index is 13.0. The number of rotatable bonds is 2. The van der Waals surface area contributed by atoms with E-state index in [1.807, 2.05) is 6.07 Å². The lowest BCUT2D eigenvalue weighted by atomic mass is 9.84. The minimum absolute atomic E-state index is 0.0174. The van der Waals surface area contributed by atoms with Gasteiger partial charge in [0.15, 0.2) is 0 Å². The van der Waals surface area contributed by atoms with Crippen LogP contribution in [0.15, 0.2) is 58.9 Å². The minimum Gasteiger partial charge on any atom is -0.508 e. The lowest BCUT2D eigenvalue weighted by molar-refractivity contribution is 0.474. The number of nitriles is 2. The molecule has 2 aromatic carbocycles. The monoisotopic (exact) mass is 414 g/mol. The summed E-state index contributed by atoms with van der Waals surface area (Å²) in [5, 5.41) is 38.6. The zero-order chi connectivity index (χ0) is 21.4.